The molecular formula is C9H6F6INO. The predicted molar refractivity (Wildman–Crippen MR) is 58.8 cm³/mol. The summed E-state index contributed by atoms with van der Waals surface area (Å²) in [4.78, 5) is 0. The van der Waals surface area contributed by atoms with Crippen LogP contribution in [-0.4, -0.2) is 12.5 Å². The zero-order valence-corrected chi connectivity index (χ0v) is 10.6. The predicted octanol–water partition coefficient (Wildman–Crippen LogP) is 3.75. The topological polar surface area (TPSA) is 35.2 Å². The molecule has 0 heterocycles. The Kier molecular flexibility index (Phi) is 4.36. The van der Waals surface area contributed by atoms with Crippen molar-refractivity contribution < 1.29 is 31.1 Å². The van der Waals surface area contributed by atoms with Crippen LogP contribution in [0.5, 0.6) is 5.75 Å². The number of nitrogens with two attached hydrogens (primary N) is 1. The highest BCUT2D eigenvalue weighted by Crippen LogP contribution is 2.35. The molecule has 0 aromatic heterocycles. The monoisotopic (exact) mass is 385 g/mol. The standard InChI is InChI=1S/C9H6F6INO/c10-8(11,12)7(17)4-1-2-5(16)6(3-4)18-9(13,14)15/h1-3,7H,17H2/t7-/m0/s1. The molecule has 0 radical (unpaired) electrons. The zero-order valence-electron chi connectivity index (χ0n) is 8.44. The second-order valence-corrected chi connectivity index (χ2v) is 4.42. The third-order valence-corrected chi connectivity index (χ3v) is 2.78. The molecule has 18 heavy (non-hydrogen) atoms. The van der Waals surface area contributed by atoms with Crippen molar-refractivity contribution in [3.8, 4) is 5.75 Å². The van der Waals surface area contributed by atoms with Gasteiger partial charge in [-0.25, -0.2) is 0 Å². The lowest BCUT2D eigenvalue weighted by atomic mass is 10.1. The second-order valence-electron chi connectivity index (χ2n) is 3.26. The third-order valence-electron chi connectivity index (χ3n) is 1.89. The summed E-state index contributed by atoms with van der Waals surface area (Å²) in [6.45, 7) is 0. The minimum atomic E-state index is -4.97. The molecule has 0 bridgehead atoms. The lowest BCUT2D eigenvalue weighted by molar-refractivity contribution is -0.275. The van der Waals surface area contributed by atoms with Gasteiger partial charge in [0.15, 0.2) is 0 Å². The van der Waals surface area contributed by atoms with E-state index in [0.717, 1.165) is 12.1 Å². The number of rotatable bonds is 2. The molecule has 0 aliphatic carbocycles. The average molecular weight is 385 g/mol. The molecule has 0 spiro atoms. The van der Waals surface area contributed by atoms with Gasteiger partial charge in [0.2, 0.25) is 0 Å². The molecule has 0 saturated heterocycles. The number of hydrogen-bond acceptors (Lipinski definition) is 2. The molecule has 1 rings (SSSR count). The van der Waals surface area contributed by atoms with Gasteiger partial charge >= 0.3 is 12.5 Å². The normalized spacial score (nSPS) is 14.4. The first-order valence-corrected chi connectivity index (χ1v) is 5.46. The summed E-state index contributed by atoms with van der Waals surface area (Å²) in [6, 6.07) is 0.351. The molecule has 102 valence electrons. The van der Waals surface area contributed by atoms with Crippen LogP contribution in [0.3, 0.4) is 0 Å². The highest BCUT2D eigenvalue weighted by atomic mass is 127. The molecule has 1 aromatic carbocycles. The number of hydrogen-bond donors (Lipinski definition) is 1. The van der Waals surface area contributed by atoms with Crippen LogP contribution in [0.15, 0.2) is 18.2 Å². The van der Waals surface area contributed by atoms with E-state index >= 15 is 0 Å². The summed E-state index contributed by atoms with van der Waals surface area (Å²) in [5, 5.41) is 0. The van der Waals surface area contributed by atoms with E-state index in [9.17, 15) is 26.3 Å². The molecule has 9 heteroatoms. The highest BCUT2D eigenvalue weighted by Gasteiger charge is 2.39. The molecule has 0 aliphatic heterocycles. The van der Waals surface area contributed by atoms with Crippen molar-refractivity contribution in [3.05, 3.63) is 27.3 Å². The van der Waals surface area contributed by atoms with E-state index in [1.807, 2.05) is 0 Å². The first-order valence-electron chi connectivity index (χ1n) is 4.38. The van der Waals surface area contributed by atoms with Crippen LogP contribution in [0.25, 0.3) is 0 Å². The molecule has 2 nitrogen and oxygen atoms in total. The summed E-state index contributed by atoms with van der Waals surface area (Å²) in [5.41, 5.74) is 4.39. The SMILES string of the molecule is N[C@@H](c1ccc(I)c(OC(F)(F)F)c1)C(F)(F)F. The Morgan fingerprint density at radius 2 is 1.67 bits per heavy atom. The van der Waals surface area contributed by atoms with E-state index in [1.54, 1.807) is 0 Å². The van der Waals surface area contributed by atoms with Crippen LogP contribution >= 0.6 is 22.6 Å². The van der Waals surface area contributed by atoms with Gasteiger partial charge in [-0.3, -0.25) is 0 Å². The van der Waals surface area contributed by atoms with E-state index in [-0.39, 0.29) is 3.57 Å². The van der Waals surface area contributed by atoms with Gasteiger partial charge in [0.25, 0.3) is 0 Å². The summed E-state index contributed by atoms with van der Waals surface area (Å²) in [6.07, 6.45) is -9.71. The fraction of sp³-hybridized carbons (Fsp3) is 0.333. The number of alkyl halides is 6. The van der Waals surface area contributed by atoms with Crippen LogP contribution in [-0.2, 0) is 0 Å². The van der Waals surface area contributed by atoms with Crippen LogP contribution in [0.4, 0.5) is 26.3 Å². The smallest absolute Gasteiger partial charge is 0.405 e. The number of ether oxygens (including phenoxy) is 1. The van der Waals surface area contributed by atoms with Crippen molar-refractivity contribution in [2.45, 2.75) is 18.6 Å². The van der Waals surface area contributed by atoms with Crippen LogP contribution in [0, 0.1) is 3.57 Å². The third kappa shape index (κ3) is 4.19. The molecule has 1 aromatic rings. The van der Waals surface area contributed by atoms with E-state index in [4.69, 9.17) is 5.73 Å². The molecule has 1 atom stereocenters. The molecular weight excluding hydrogens is 379 g/mol. The quantitative estimate of drug-likeness (QED) is 0.622. The zero-order chi connectivity index (χ0) is 14.1. The van der Waals surface area contributed by atoms with Crippen molar-refractivity contribution in [3.63, 3.8) is 0 Å². The van der Waals surface area contributed by atoms with Crippen LogP contribution in [0.1, 0.15) is 11.6 Å². The van der Waals surface area contributed by atoms with Gasteiger partial charge in [-0.2, -0.15) is 13.2 Å². The molecule has 0 unspecified atom stereocenters. The summed E-state index contributed by atoms with van der Waals surface area (Å²) in [7, 11) is 0. The Morgan fingerprint density at radius 3 is 2.11 bits per heavy atom. The van der Waals surface area contributed by atoms with Gasteiger partial charge in [0.05, 0.1) is 3.57 Å². The van der Waals surface area contributed by atoms with Gasteiger partial charge in [0, 0.05) is 0 Å². The molecule has 0 saturated carbocycles. The average Bonchev–Trinajstić information content (AvgIpc) is 2.17. The maximum Gasteiger partial charge on any atom is 0.573 e. The van der Waals surface area contributed by atoms with Gasteiger partial charge < -0.3 is 10.5 Å². The number of benzene rings is 1. The van der Waals surface area contributed by atoms with Crippen LogP contribution < -0.4 is 10.5 Å². The van der Waals surface area contributed by atoms with E-state index in [2.05, 4.69) is 4.74 Å². The first kappa shape index (κ1) is 15.3. The Bertz CT molecular complexity index is 430. The van der Waals surface area contributed by atoms with Crippen molar-refractivity contribution in [2.75, 3.05) is 0 Å². The fourth-order valence-electron chi connectivity index (χ4n) is 1.11. The Labute approximate surface area is 111 Å². The summed E-state index contributed by atoms with van der Waals surface area (Å²) >= 11 is 1.51. The molecule has 2 N–H and O–H groups in total. The van der Waals surface area contributed by atoms with Gasteiger partial charge in [-0.05, 0) is 40.3 Å². The fourth-order valence-corrected chi connectivity index (χ4v) is 1.55. The summed E-state index contributed by atoms with van der Waals surface area (Å²) < 4.78 is 76.6. The number of halogens is 7. The Hall–Kier alpha value is -0.710. The lowest BCUT2D eigenvalue weighted by Gasteiger charge is -2.18. The first-order chi connectivity index (χ1) is 8.00. The highest BCUT2D eigenvalue weighted by molar-refractivity contribution is 14.1. The Morgan fingerprint density at radius 1 is 1.11 bits per heavy atom. The second kappa shape index (κ2) is 5.11. The molecule has 0 fully saturated rings. The van der Waals surface area contributed by atoms with E-state index in [0.29, 0.717) is 6.07 Å². The maximum atomic E-state index is 12.3. The van der Waals surface area contributed by atoms with E-state index < -0.39 is 29.9 Å². The van der Waals surface area contributed by atoms with Gasteiger partial charge in [0.1, 0.15) is 11.8 Å². The van der Waals surface area contributed by atoms with Gasteiger partial charge in [-0.15, -0.1) is 13.2 Å². The maximum absolute atomic E-state index is 12.3. The Balaban J connectivity index is 3.08. The molecule has 0 aliphatic rings. The minimum Gasteiger partial charge on any atom is -0.405 e. The minimum absolute atomic E-state index is 0.0306. The lowest BCUT2D eigenvalue weighted by Crippen LogP contribution is -2.28. The summed E-state index contributed by atoms with van der Waals surface area (Å²) in [5.74, 6) is -0.708. The van der Waals surface area contributed by atoms with Crippen LogP contribution in [0.2, 0.25) is 0 Å². The van der Waals surface area contributed by atoms with E-state index in [1.165, 1.54) is 22.6 Å². The van der Waals surface area contributed by atoms with Crippen molar-refractivity contribution >= 4 is 22.6 Å². The molecule has 0 amide bonds. The largest absolute Gasteiger partial charge is 0.573 e. The van der Waals surface area contributed by atoms with Crippen molar-refractivity contribution in [2.24, 2.45) is 5.73 Å². The van der Waals surface area contributed by atoms with Crippen molar-refractivity contribution in [1.82, 2.24) is 0 Å². The van der Waals surface area contributed by atoms with Gasteiger partial charge in [-0.1, -0.05) is 6.07 Å². The van der Waals surface area contributed by atoms with Crippen molar-refractivity contribution in [1.29, 1.82) is 0 Å².